The van der Waals surface area contributed by atoms with Crippen molar-refractivity contribution in [2.24, 2.45) is 0 Å². The molecule has 1 aliphatic heterocycles. The lowest BCUT2D eigenvalue weighted by Gasteiger charge is -2.34. The minimum atomic E-state index is -0.519. The average Bonchev–Trinajstić information content (AvgIpc) is 2.53. The number of carbonyl (C=O) groups excluding carboxylic acids is 1. The molecule has 0 bridgehead atoms. The summed E-state index contributed by atoms with van der Waals surface area (Å²) in [5.41, 5.74) is 0.287. The number of hydrogen-bond acceptors (Lipinski definition) is 4. The van der Waals surface area contributed by atoms with Crippen LogP contribution in [0.2, 0.25) is 0 Å². The van der Waals surface area contributed by atoms with E-state index >= 15 is 0 Å². The van der Waals surface area contributed by atoms with Crippen molar-refractivity contribution in [3.05, 3.63) is 33.9 Å². The molecule has 0 N–H and O–H groups in total. The van der Waals surface area contributed by atoms with Crippen molar-refractivity contribution < 1.29 is 14.5 Å². The molecule has 21 heavy (non-hydrogen) atoms. The number of ether oxygens (including phenoxy) is 1. The van der Waals surface area contributed by atoms with E-state index in [0.717, 1.165) is 24.6 Å². The van der Waals surface area contributed by atoms with Gasteiger partial charge in [-0.3, -0.25) is 14.9 Å². The molecule has 0 radical (unpaired) electrons. The van der Waals surface area contributed by atoms with Crippen molar-refractivity contribution in [3.63, 3.8) is 0 Å². The molecule has 1 unspecified atom stereocenters. The van der Waals surface area contributed by atoms with Gasteiger partial charge >= 0.3 is 5.69 Å². The van der Waals surface area contributed by atoms with Crippen LogP contribution in [0.15, 0.2) is 18.2 Å². The van der Waals surface area contributed by atoms with Gasteiger partial charge in [0.25, 0.3) is 5.91 Å². The molecule has 1 atom stereocenters. The van der Waals surface area contributed by atoms with Crippen molar-refractivity contribution >= 4 is 27.5 Å². The molecule has 1 aromatic rings. The number of alkyl halides is 1. The number of halogens is 1. The van der Waals surface area contributed by atoms with Crippen LogP contribution in [0.1, 0.15) is 29.6 Å². The zero-order chi connectivity index (χ0) is 15.4. The van der Waals surface area contributed by atoms with Crippen LogP contribution in [0.3, 0.4) is 0 Å². The van der Waals surface area contributed by atoms with Crippen LogP contribution >= 0.6 is 15.9 Å². The monoisotopic (exact) mass is 356 g/mol. The Morgan fingerprint density at radius 3 is 2.90 bits per heavy atom. The highest BCUT2D eigenvalue weighted by atomic mass is 79.9. The van der Waals surface area contributed by atoms with Crippen molar-refractivity contribution in [3.8, 4) is 5.75 Å². The van der Waals surface area contributed by atoms with Gasteiger partial charge in [-0.15, -0.1) is 0 Å². The Kier molecular flexibility index (Phi) is 5.17. The van der Waals surface area contributed by atoms with E-state index in [1.54, 1.807) is 0 Å². The summed E-state index contributed by atoms with van der Waals surface area (Å²) in [6.07, 6.45) is 3.07. The Balaban J connectivity index is 2.28. The molecule has 2 rings (SSSR count). The van der Waals surface area contributed by atoms with Crippen molar-refractivity contribution in [2.45, 2.75) is 25.3 Å². The Morgan fingerprint density at radius 1 is 1.52 bits per heavy atom. The minimum Gasteiger partial charge on any atom is -0.490 e. The molecule has 1 amide bonds. The van der Waals surface area contributed by atoms with Crippen LogP contribution in [-0.2, 0) is 0 Å². The van der Waals surface area contributed by atoms with Gasteiger partial charge < -0.3 is 9.64 Å². The predicted molar refractivity (Wildman–Crippen MR) is 82.1 cm³/mol. The van der Waals surface area contributed by atoms with E-state index < -0.39 is 4.92 Å². The molecule has 1 fully saturated rings. The van der Waals surface area contributed by atoms with E-state index in [2.05, 4.69) is 15.9 Å². The first kappa shape index (κ1) is 15.8. The van der Waals surface area contributed by atoms with Gasteiger partial charge in [-0.05, 0) is 25.3 Å². The molecule has 0 aromatic heterocycles. The summed E-state index contributed by atoms with van der Waals surface area (Å²) in [5.74, 6) is 0.00518. The number of piperidine rings is 1. The van der Waals surface area contributed by atoms with E-state index in [9.17, 15) is 14.9 Å². The smallest absolute Gasteiger partial charge is 0.310 e. The number of benzene rings is 1. The number of hydrogen-bond donors (Lipinski definition) is 0. The van der Waals surface area contributed by atoms with Gasteiger partial charge in [-0.2, -0.15) is 0 Å². The van der Waals surface area contributed by atoms with Gasteiger partial charge in [-0.25, -0.2) is 0 Å². The molecule has 1 aromatic carbocycles. The fourth-order valence-electron chi connectivity index (χ4n) is 2.56. The Bertz CT molecular complexity index is 550. The van der Waals surface area contributed by atoms with E-state index in [-0.39, 0.29) is 23.4 Å². The fourth-order valence-corrected chi connectivity index (χ4v) is 3.23. The SMILES string of the molecule is COc1cc(C(=O)N2CCCCC2CBr)ccc1[N+](=O)[O-]. The lowest BCUT2D eigenvalue weighted by atomic mass is 10.0. The molecule has 1 aliphatic rings. The molecule has 0 spiro atoms. The van der Waals surface area contributed by atoms with Gasteiger partial charge in [0.2, 0.25) is 0 Å². The first-order chi connectivity index (χ1) is 10.1. The second-order valence-corrected chi connectivity index (χ2v) is 5.59. The van der Waals surface area contributed by atoms with E-state index in [1.807, 2.05) is 4.90 Å². The third kappa shape index (κ3) is 3.34. The van der Waals surface area contributed by atoms with Gasteiger partial charge in [-0.1, -0.05) is 15.9 Å². The van der Waals surface area contributed by atoms with E-state index in [0.29, 0.717) is 12.1 Å². The Hall–Kier alpha value is -1.63. The zero-order valence-corrected chi connectivity index (χ0v) is 13.3. The molecule has 114 valence electrons. The first-order valence-corrected chi connectivity index (χ1v) is 7.90. The van der Waals surface area contributed by atoms with Gasteiger partial charge in [0, 0.05) is 35.6 Å². The maximum atomic E-state index is 12.6. The zero-order valence-electron chi connectivity index (χ0n) is 11.8. The maximum Gasteiger partial charge on any atom is 0.310 e. The number of carbonyl (C=O) groups is 1. The molecule has 6 nitrogen and oxygen atoms in total. The second kappa shape index (κ2) is 6.89. The van der Waals surface area contributed by atoms with Crippen LogP contribution in [-0.4, -0.2) is 40.8 Å². The summed E-state index contributed by atoms with van der Waals surface area (Å²) < 4.78 is 5.02. The van der Waals surface area contributed by atoms with Crippen molar-refractivity contribution in [1.29, 1.82) is 0 Å². The van der Waals surface area contributed by atoms with Crippen LogP contribution < -0.4 is 4.74 Å². The highest BCUT2D eigenvalue weighted by Gasteiger charge is 2.28. The number of likely N-dealkylation sites (tertiary alicyclic amines) is 1. The van der Waals surface area contributed by atoms with Gasteiger partial charge in [0.1, 0.15) is 0 Å². The van der Waals surface area contributed by atoms with Gasteiger partial charge in [0.05, 0.1) is 12.0 Å². The van der Waals surface area contributed by atoms with Gasteiger partial charge in [0.15, 0.2) is 5.75 Å². The quantitative estimate of drug-likeness (QED) is 0.472. The largest absolute Gasteiger partial charge is 0.490 e. The number of nitro groups is 1. The van der Waals surface area contributed by atoms with Crippen LogP contribution in [0.25, 0.3) is 0 Å². The lowest BCUT2D eigenvalue weighted by molar-refractivity contribution is -0.385. The molecule has 0 aliphatic carbocycles. The molecule has 1 heterocycles. The highest BCUT2D eigenvalue weighted by molar-refractivity contribution is 9.09. The van der Waals surface area contributed by atoms with Crippen LogP contribution in [0.4, 0.5) is 5.69 Å². The molecular formula is C14H17BrN2O4. The number of amides is 1. The summed E-state index contributed by atoms with van der Waals surface area (Å²) in [5, 5.41) is 11.6. The van der Waals surface area contributed by atoms with Crippen LogP contribution in [0.5, 0.6) is 5.75 Å². The number of rotatable bonds is 4. The third-order valence-corrected chi connectivity index (χ3v) is 4.44. The molecule has 0 saturated carbocycles. The summed E-state index contributed by atoms with van der Waals surface area (Å²) in [4.78, 5) is 24.8. The fraction of sp³-hybridized carbons (Fsp3) is 0.500. The number of nitro benzene ring substituents is 1. The molecule has 7 heteroatoms. The number of methoxy groups -OCH3 is 1. The van der Waals surface area contributed by atoms with Crippen molar-refractivity contribution in [2.75, 3.05) is 19.0 Å². The van der Waals surface area contributed by atoms with E-state index in [1.165, 1.54) is 25.3 Å². The summed E-state index contributed by atoms with van der Waals surface area (Å²) in [6, 6.07) is 4.43. The second-order valence-electron chi connectivity index (χ2n) is 4.95. The number of nitrogens with zero attached hydrogens (tertiary/aromatic N) is 2. The Morgan fingerprint density at radius 2 is 2.29 bits per heavy atom. The minimum absolute atomic E-state index is 0.104. The first-order valence-electron chi connectivity index (χ1n) is 6.78. The highest BCUT2D eigenvalue weighted by Crippen LogP contribution is 2.29. The third-order valence-electron chi connectivity index (χ3n) is 3.69. The Labute approximate surface area is 131 Å². The maximum absolute atomic E-state index is 12.6. The topological polar surface area (TPSA) is 72.7 Å². The van der Waals surface area contributed by atoms with Crippen LogP contribution in [0, 0.1) is 10.1 Å². The normalized spacial score (nSPS) is 18.4. The predicted octanol–water partition coefficient (Wildman–Crippen LogP) is 2.99. The average molecular weight is 357 g/mol. The van der Waals surface area contributed by atoms with E-state index in [4.69, 9.17) is 4.74 Å². The molecular weight excluding hydrogens is 340 g/mol. The summed E-state index contributed by atoms with van der Waals surface area (Å²) >= 11 is 3.44. The van der Waals surface area contributed by atoms with Crippen molar-refractivity contribution in [1.82, 2.24) is 4.90 Å². The standard InChI is InChI=1S/C14H17BrN2O4/c1-21-13-8-10(5-6-12(13)17(19)20)14(18)16-7-3-2-4-11(16)9-15/h5-6,8,11H,2-4,7,9H2,1H3. The molecule has 1 saturated heterocycles. The summed E-state index contributed by atoms with van der Waals surface area (Å²) in [6.45, 7) is 0.717. The lowest BCUT2D eigenvalue weighted by Crippen LogP contribution is -2.44. The summed E-state index contributed by atoms with van der Waals surface area (Å²) in [7, 11) is 1.36.